The first-order chi connectivity index (χ1) is 7.81. The maximum absolute atomic E-state index is 9.50. The lowest BCUT2D eigenvalue weighted by molar-refractivity contribution is 0.214. The number of hydrogen-bond donors (Lipinski definition) is 2. The molecule has 2 fully saturated rings. The molecule has 1 aromatic heterocycles. The van der Waals surface area contributed by atoms with Crippen LogP contribution in [0.5, 0.6) is 0 Å². The third-order valence-electron chi connectivity index (χ3n) is 3.62. The van der Waals surface area contributed by atoms with Crippen LogP contribution in [0.3, 0.4) is 0 Å². The molecule has 0 saturated heterocycles. The Hall–Kier alpha value is -0.680. The Morgan fingerprint density at radius 1 is 1.38 bits per heavy atom. The molecule has 2 aliphatic rings. The van der Waals surface area contributed by atoms with Crippen LogP contribution in [0.15, 0.2) is 0 Å². The van der Waals surface area contributed by atoms with Gasteiger partial charge in [-0.05, 0) is 25.7 Å². The predicted molar refractivity (Wildman–Crippen MR) is 63.8 cm³/mol. The SMILES string of the molecule is OCC1(Nc2nc(C3CC3)ns2)CCCC1. The van der Waals surface area contributed by atoms with Crippen molar-refractivity contribution in [3.05, 3.63) is 5.82 Å². The molecule has 0 amide bonds. The summed E-state index contributed by atoms with van der Waals surface area (Å²) >= 11 is 1.44. The highest BCUT2D eigenvalue weighted by Gasteiger charge is 2.34. The fraction of sp³-hybridized carbons (Fsp3) is 0.818. The number of aliphatic hydroxyl groups excluding tert-OH is 1. The molecule has 16 heavy (non-hydrogen) atoms. The normalized spacial score (nSPS) is 23.6. The summed E-state index contributed by atoms with van der Waals surface area (Å²) in [6, 6.07) is 0. The summed E-state index contributed by atoms with van der Waals surface area (Å²) < 4.78 is 4.37. The first-order valence-corrected chi connectivity index (χ1v) is 6.81. The van der Waals surface area contributed by atoms with E-state index in [4.69, 9.17) is 0 Å². The molecular weight excluding hydrogens is 222 g/mol. The quantitative estimate of drug-likeness (QED) is 0.845. The van der Waals surface area contributed by atoms with Crippen molar-refractivity contribution in [2.75, 3.05) is 11.9 Å². The van der Waals surface area contributed by atoms with E-state index in [1.54, 1.807) is 0 Å². The van der Waals surface area contributed by atoms with Gasteiger partial charge in [0.2, 0.25) is 5.13 Å². The van der Waals surface area contributed by atoms with Crippen molar-refractivity contribution in [3.8, 4) is 0 Å². The second-order valence-corrected chi connectivity index (χ2v) is 5.75. The van der Waals surface area contributed by atoms with E-state index in [0.29, 0.717) is 5.92 Å². The molecule has 0 unspecified atom stereocenters. The van der Waals surface area contributed by atoms with Crippen molar-refractivity contribution in [1.29, 1.82) is 0 Å². The van der Waals surface area contributed by atoms with Crippen molar-refractivity contribution < 1.29 is 5.11 Å². The number of nitrogens with zero attached hydrogens (tertiary/aromatic N) is 2. The molecule has 3 rings (SSSR count). The summed E-state index contributed by atoms with van der Waals surface area (Å²) in [7, 11) is 0. The van der Waals surface area contributed by atoms with Crippen molar-refractivity contribution in [2.24, 2.45) is 0 Å². The van der Waals surface area contributed by atoms with Crippen LogP contribution >= 0.6 is 11.5 Å². The first kappa shape index (κ1) is 10.5. The lowest BCUT2D eigenvalue weighted by atomic mass is 10.00. The van der Waals surface area contributed by atoms with Gasteiger partial charge in [0.05, 0.1) is 12.1 Å². The molecule has 0 aromatic carbocycles. The number of rotatable bonds is 4. The Morgan fingerprint density at radius 3 is 2.75 bits per heavy atom. The molecular formula is C11H17N3OS. The third kappa shape index (κ3) is 1.94. The molecule has 2 aliphatic carbocycles. The van der Waals surface area contributed by atoms with Crippen LogP contribution in [-0.4, -0.2) is 26.6 Å². The van der Waals surface area contributed by atoms with Gasteiger partial charge in [0.25, 0.3) is 0 Å². The summed E-state index contributed by atoms with van der Waals surface area (Å²) in [5, 5.41) is 13.8. The average Bonchev–Trinajstić information content (AvgIpc) is 2.88. The number of nitrogens with one attached hydrogen (secondary N) is 1. The van der Waals surface area contributed by atoms with Gasteiger partial charge in [0.1, 0.15) is 5.82 Å². The number of anilines is 1. The van der Waals surface area contributed by atoms with Crippen molar-refractivity contribution in [1.82, 2.24) is 9.36 Å². The van der Waals surface area contributed by atoms with Crippen LogP contribution in [0, 0.1) is 0 Å². The lowest BCUT2D eigenvalue weighted by Gasteiger charge is -2.27. The van der Waals surface area contributed by atoms with Gasteiger partial charge < -0.3 is 10.4 Å². The maximum Gasteiger partial charge on any atom is 0.203 e. The minimum Gasteiger partial charge on any atom is -0.394 e. The molecule has 4 nitrogen and oxygen atoms in total. The minimum atomic E-state index is -0.125. The molecule has 0 spiro atoms. The summed E-state index contributed by atoms with van der Waals surface area (Å²) in [6.07, 6.45) is 6.95. The highest BCUT2D eigenvalue weighted by atomic mass is 32.1. The molecule has 0 bridgehead atoms. The summed E-state index contributed by atoms with van der Waals surface area (Å²) in [5.74, 6) is 1.61. The van der Waals surface area contributed by atoms with Gasteiger partial charge in [-0.2, -0.15) is 4.37 Å². The molecule has 0 aliphatic heterocycles. The van der Waals surface area contributed by atoms with Gasteiger partial charge in [-0.1, -0.05) is 12.8 Å². The monoisotopic (exact) mass is 239 g/mol. The second-order valence-electron chi connectivity index (χ2n) is 5.00. The van der Waals surface area contributed by atoms with E-state index in [9.17, 15) is 5.11 Å². The molecule has 1 heterocycles. The zero-order valence-electron chi connectivity index (χ0n) is 9.28. The fourth-order valence-electron chi connectivity index (χ4n) is 2.39. The van der Waals surface area contributed by atoms with Gasteiger partial charge in [-0.25, -0.2) is 4.98 Å². The van der Waals surface area contributed by atoms with E-state index in [2.05, 4.69) is 14.7 Å². The van der Waals surface area contributed by atoms with Crippen LogP contribution in [0.1, 0.15) is 50.3 Å². The minimum absolute atomic E-state index is 0.125. The summed E-state index contributed by atoms with van der Waals surface area (Å²) in [5.41, 5.74) is -0.125. The lowest BCUT2D eigenvalue weighted by Crippen LogP contribution is -2.38. The van der Waals surface area contributed by atoms with E-state index < -0.39 is 0 Å². The van der Waals surface area contributed by atoms with Crippen LogP contribution in [0.25, 0.3) is 0 Å². The number of aliphatic hydroxyl groups is 1. The number of aromatic nitrogens is 2. The molecule has 88 valence electrons. The van der Waals surface area contributed by atoms with Crippen molar-refractivity contribution in [3.63, 3.8) is 0 Å². The van der Waals surface area contributed by atoms with Gasteiger partial charge in [0, 0.05) is 17.5 Å². The Morgan fingerprint density at radius 2 is 2.12 bits per heavy atom. The maximum atomic E-state index is 9.50. The van der Waals surface area contributed by atoms with E-state index in [1.165, 1.54) is 37.2 Å². The van der Waals surface area contributed by atoms with E-state index in [-0.39, 0.29) is 12.1 Å². The molecule has 2 saturated carbocycles. The van der Waals surface area contributed by atoms with Crippen molar-refractivity contribution in [2.45, 2.75) is 50.0 Å². The zero-order valence-corrected chi connectivity index (χ0v) is 10.1. The first-order valence-electron chi connectivity index (χ1n) is 6.04. The Balaban J connectivity index is 1.71. The van der Waals surface area contributed by atoms with E-state index in [1.807, 2.05) is 0 Å². The van der Waals surface area contributed by atoms with E-state index in [0.717, 1.165) is 23.8 Å². The summed E-state index contributed by atoms with van der Waals surface area (Å²) in [4.78, 5) is 4.51. The van der Waals surface area contributed by atoms with Gasteiger partial charge in [-0.15, -0.1) is 0 Å². The predicted octanol–water partition coefficient (Wildman–Crippen LogP) is 2.13. The van der Waals surface area contributed by atoms with Crippen LogP contribution < -0.4 is 5.32 Å². The molecule has 2 N–H and O–H groups in total. The molecule has 1 aromatic rings. The number of hydrogen-bond acceptors (Lipinski definition) is 5. The fourth-order valence-corrected chi connectivity index (χ4v) is 3.16. The highest BCUT2D eigenvalue weighted by molar-refractivity contribution is 7.09. The third-order valence-corrected chi connectivity index (χ3v) is 4.26. The van der Waals surface area contributed by atoms with E-state index >= 15 is 0 Å². The Kier molecular flexibility index (Phi) is 2.59. The molecule has 5 heteroatoms. The van der Waals surface area contributed by atoms with Gasteiger partial charge in [0.15, 0.2) is 0 Å². The Labute approximate surface area is 99.3 Å². The van der Waals surface area contributed by atoms with Gasteiger partial charge in [-0.3, -0.25) is 0 Å². The standard InChI is InChI=1S/C11H17N3OS/c15-7-11(5-1-2-6-11)13-10-12-9(14-16-10)8-3-4-8/h8,15H,1-7H2,(H,12,13,14). The van der Waals surface area contributed by atoms with Crippen molar-refractivity contribution >= 4 is 16.7 Å². The van der Waals surface area contributed by atoms with Crippen LogP contribution in [-0.2, 0) is 0 Å². The van der Waals surface area contributed by atoms with Crippen LogP contribution in [0.2, 0.25) is 0 Å². The average molecular weight is 239 g/mol. The second kappa shape index (κ2) is 3.96. The molecule has 0 radical (unpaired) electrons. The zero-order chi connectivity index (χ0) is 11.0. The molecule has 0 atom stereocenters. The summed E-state index contributed by atoms with van der Waals surface area (Å²) in [6.45, 7) is 0.200. The van der Waals surface area contributed by atoms with Gasteiger partial charge >= 0.3 is 0 Å². The van der Waals surface area contributed by atoms with Crippen LogP contribution in [0.4, 0.5) is 5.13 Å². The topological polar surface area (TPSA) is 58.0 Å². The smallest absolute Gasteiger partial charge is 0.203 e. The largest absolute Gasteiger partial charge is 0.394 e. The Bertz CT molecular complexity index is 369. The highest BCUT2D eigenvalue weighted by Crippen LogP contribution is 2.40.